The van der Waals surface area contributed by atoms with Crippen LogP contribution in [0.15, 0.2) is 24.8 Å². The Morgan fingerprint density at radius 1 is 1.46 bits per heavy atom. The number of ether oxygens (including phenoxy) is 1. The standard InChI is InChI=1S/C22H28N2O2/c1-4-10-24-11-9-22-16-7-8-17(23-14(3)25)21(22)26-20-13(2)5-6-15(19(20)22)12-18(16)24/h4-6,16-18,21H,1,7-12H2,2-3H3,(H,23,25)/t16-,17?,18+,21-,22-/m1/s1. The minimum absolute atomic E-state index is 0.0535. The molecule has 4 nitrogen and oxygen atoms in total. The van der Waals surface area contributed by atoms with Crippen molar-refractivity contribution >= 4 is 5.91 Å². The van der Waals surface area contributed by atoms with Gasteiger partial charge in [0.2, 0.25) is 5.91 Å². The fourth-order valence-electron chi connectivity index (χ4n) is 6.58. The first kappa shape index (κ1) is 16.4. The first-order valence-electron chi connectivity index (χ1n) is 9.98. The van der Waals surface area contributed by atoms with Crippen LogP contribution in [0, 0.1) is 12.8 Å². The Morgan fingerprint density at radius 3 is 3.08 bits per heavy atom. The Kier molecular flexibility index (Phi) is 3.52. The molecule has 1 saturated carbocycles. The van der Waals surface area contributed by atoms with Crippen molar-refractivity contribution in [3.05, 3.63) is 41.5 Å². The molecule has 4 heteroatoms. The number of benzene rings is 1. The zero-order valence-corrected chi connectivity index (χ0v) is 15.8. The molecule has 1 aromatic rings. The lowest BCUT2D eigenvalue weighted by Crippen LogP contribution is -2.68. The van der Waals surface area contributed by atoms with Crippen LogP contribution in [0.25, 0.3) is 0 Å². The van der Waals surface area contributed by atoms with Gasteiger partial charge in [-0.15, -0.1) is 6.58 Å². The number of likely N-dealkylation sites (tertiary alicyclic amines) is 1. The van der Waals surface area contributed by atoms with Gasteiger partial charge in [-0.05, 0) is 56.2 Å². The predicted molar refractivity (Wildman–Crippen MR) is 101 cm³/mol. The van der Waals surface area contributed by atoms with Crippen molar-refractivity contribution < 1.29 is 9.53 Å². The smallest absolute Gasteiger partial charge is 0.217 e. The molecule has 138 valence electrons. The third-order valence-corrected chi connectivity index (χ3v) is 7.40. The first-order valence-corrected chi connectivity index (χ1v) is 9.98. The maximum absolute atomic E-state index is 11.8. The Bertz CT molecular complexity index is 789. The molecule has 1 saturated heterocycles. The summed E-state index contributed by atoms with van der Waals surface area (Å²) >= 11 is 0. The molecule has 0 radical (unpaired) electrons. The third-order valence-electron chi connectivity index (χ3n) is 7.40. The molecule has 2 bridgehead atoms. The van der Waals surface area contributed by atoms with Gasteiger partial charge in [0.25, 0.3) is 0 Å². The van der Waals surface area contributed by atoms with Crippen LogP contribution in [-0.2, 0) is 16.6 Å². The van der Waals surface area contributed by atoms with Crippen molar-refractivity contribution in [2.45, 2.75) is 63.1 Å². The van der Waals surface area contributed by atoms with Gasteiger partial charge in [0.1, 0.15) is 11.9 Å². The van der Waals surface area contributed by atoms with E-state index >= 15 is 0 Å². The molecular formula is C22H28N2O2. The predicted octanol–water partition coefficient (Wildman–Crippen LogP) is 2.72. The summed E-state index contributed by atoms with van der Waals surface area (Å²) in [6, 6.07) is 5.22. The topological polar surface area (TPSA) is 41.6 Å². The second-order valence-electron chi connectivity index (χ2n) is 8.62. The summed E-state index contributed by atoms with van der Waals surface area (Å²) in [5.74, 6) is 1.78. The van der Waals surface area contributed by atoms with E-state index in [-0.39, 0.29) is 23.5 Å². The van der Waals surface area contributed by atoms with E-state index in [1.807, 2.05) is 6.08 Å². The van der Waals surface area contributed by atoms with E-state index in [0.717, 1.165) is 44.5 Å². The first-order chi connectivity index (χ1) is 12.6. The summed E-state index contributed by atoms with van der Waals surface area (Å²) in [6.45, 7) is 9.81. The molecule has 2 fully saturated rings. The maximum atomic E-state index is 11.8. The normalized spacial score (nSPS) is 36.8. The molecule has 2 aliphatic heterocycles. The number of carbonyl (C=O) groups excluding carboxylic acids is 1. The molecule has 1 N–H and O–H groups in total. The van der Waals surface area contributed by atoms with Crippen LogP contribution in [-0.4, -0.2) is 42.1 Å². The van der Waals surface area contributed by atoms with Gasteiger partial charge >= 0.3 is 0 Å². The van der Waals surface area contributed by atoms with Gasteiger partial charge in [0.15, 0.2) is 0 Å². The van der Waals surface area contributed by atoms with Crippen molar-refractivity contribution in [2.75, 3.05) is 13.1 Å². The van der Waals surface area contributed by atoms with Crippen molar-refractivity contribution in [1.82, 2.24) is 10.2 Å². The lowest BCUT2D eigenvalue weighted by Gasteiger charge is -2.59. The van der Waals surface area contributed by atoms with Crippen molar-refractivity contribution in [2.24, 2.45) is 5.92 Å². The SMILES string of the molecule is C=CCN1CC[C@@]23c4c5ccc(C)c4O[C@@H]2C(NC(C)=O)CC[C@@H]3[C@@H]1C5. The summed E-state index contributed by atoms with van der Waals surface area (Å²) < 4.78 is 6.66. The van der Waals surface area contributed by atoms with Gasteiger partial charge in [-0.25, -0.2) is 0 Å². The lowest BCUT2D eigenvalue weighted by molar-refractivity contribution is -0.122. The molecule has 4 aliphatic rings. The number of nitrogens with zero attached hydrogens (tertiary/aromatic N) is 1. The molecule has 2 aliphatic carbocycles. The maximum Gasteiger partial charge on any atom is 0.217 e. The molecule has 1 unspecified atom stereocenters. The quantitative estimate of drug-likeness (QED) is 0.851. The van der Waals surface area contributed by atoms with Gasteiger partial charge in [-0.2, -0.15) is 0 Å². The average Bonchev–Trinajstić information content (AvgIpc) is 2.95. The molecule has 2 heterocycles. The van der Waals surface area contributed by atoms with Gasteiger partial charge < -0.3 is 10.1 Å². The monoisotopic (exact) mass is 352 g/mol. The van der Waals surface area contributed by atoms with Crippen LogP contribution < -0.4 is 10.1 Å². The highest BCUT2D eigenvalue weighted by Gasteiger charge is 2.65. The number of aryl methyl sites for hydroxylation is 1. The highest BCUT2D eigenvalue weighted by atomic mass is 16.5. The van der Waals surface area contributed by atoms with Crippen molar-refractivity contribution in [3.63, 3.8) is 0 Å². The zero-order chi connectivity index (χ0) is 18.1. The average molecular weight is 352 g/mol. The lowest BCUT2D eigenvalue weighted by atomic mass is 9.51. The van der Waals surface area contributed by atoms with Crippen LogP contribution in [0.4, 0.5) is 0 Å². The molecule has 5 atom stereocenters. The fraction of sp³-hybridized carbons (Fsp3) is 0.591. The number of piperidine rings is 1. The molecular weight excluding hydrogens is 324 g/mol. The van der Waals surface area contributed by atoms with Crippen LogP contribution in [0.3, 0.4) is 0 Å². The highest BCUT2D eigenvalue weighted by Crippen LogP contribution is 2.62. The second kappa shape index (κ2) is 5.59. The Balaban J connectivity index is 1.67. The summed E-state index contributed by atoms with van der Waals surface area (Å²) in [6.07, 6.45) is 6.52. The van der Waals surface area contributed by atoms with Gasteiger partial charge in [-0.3, -0.25) is 9.69 Å². The fourth-order valence-corrected chi connectivity index (χ4v) is 6.58. The minimum Gasteiger partial charge on any atom is -0.487 e. The Labute approximate surface area is 155 Å². The van der Waals surface area contributed by atoms with E-state index in [0.29, 0.717) is 12.0 Å². The van der Waals surface area contributed by atoms with Crippen LogP contribution >= 0.6 is 0 Å². The van der Waals surface area contributed by atoms with E-state index < -0.39 is 0 Å². The number of rotatable bonds is 3. The number of hydrogen-bond donors (Lipinski definition) is 1. The Morgan fingerprint density at radius 2 is 2.31 bits per heavy atom. The van der Waals surface area contributed by atoms with Gasteiger partial charge in [-0.1, -0.05) is 18.2 Å². The Hall–Kier alpha value is -1.81. The number of hydrogen-bond acceptors (Lipinski definition) is 3. The van der Waals surface area contributed by atoms with Gasteiger partial charge in [0, 0.05) is 30.5 Å². The zero-order valence-electron chi connectivity index (χ0n) is 15.8. The van der Waals surface area contributed by atoms with E-state index in [4.69, 9.17) is 4.74 Å². The molecule has 5 rings (SSSR count). The van der Waals surface area contributed by atoms with Gasteiger partial charge in [0.05, 0.1) is 6.04 Å². The number of nitrogens with one attached hydrogen (secondary N) is 1. The summed E-state index contributed by atoms with van der Waals surface area (Å²) in [4.78, 5) is 14.4. The number of amides is 1. The molecule has 0 aromatic heterocycles. The second-order valence-corrected chi connectivity index (χ2v) is 8.62. The van der Waals surface area contributed by atoms with Crippen molar-refractivity contribution in [1.29, 1.82) is 0 Å². The molecule has 1 aromatic carbocycles. The largest absolute Gasteiger partial charge is 0.487 e. The van der Waals surface area contributed by atoms with E-state index in [1.165, 1.54) is 16.7 Å². The molecule has 1 amide bonds. The van der Waals surface area contributed by atoms with E-state index in [1.54, 1.807) is 6.92 Å². The number of carbonyl (C=O) groups is 1. The third kappa shape index (κ3) is 1.97. The van der Waals surface area contributed by atoms with E-state index in [2.05, 4.69) is 35.9 Å². The highest BCUT2D eigenvalue weighted by molar-refractivity contribution is 5.73. The van der Waals surface area contributed by atoms with Crippen LogP contribution in [0.5, 0.6) is 5.75 Å². The van der Waals surface area contributed by atoms with Crippen LogP contribution in [0.2, 0.25) is 0 Å². The summed E-state index contributed by atoms with van der Waals surface area (Å²) in [5.41, 5.74) is 4.26. The molecule has 26 heavy (non-hydrogen) atoms. The van der Waals surface area contributed by atoms with Crippen molar-refractivity contribution in [3.8, 4) is 5.75 Å². The summed E-state index contributed by atoms with van der Waals surface area (Å²) in [7, 11) is 0. The summed E-state index contributed by atoms with van der Waals surface area (Å²) in [5, 5.41) is 3.21. The minimum atomic E-state index is 0.0535. The van der Waals surface area contributed by atoms with E-state index in [9.17, 15) is 4.79 Å². The van der Waals surface area contributed by atoms with Crippen LogP contribution in [0.1, 0.15) is 42.9 Å². The molecule has 1 spiro atoms.